The molecule has 0 saturated heterocycles. The molecule has 2 rings (SSSR count). The van der Waals surface area contributed by atoms with Crippen LogP contribution in [0.25, 0.3) is 11.3 Å². The summed E-state index contributed by atoms with van der Waals surface area (Å²) >= 11 is 0. The van der Waals surface area contributed by atoms with Crippen molar-refractivity contribution in [2.45, 2.75) is 12.8 Å². The Bertz CT molecular complexity index is 620. The molecule has 7 nitrogen and oxygen atoms in total. The molecule has 0 radical (unpaired) electrons. The molecule has 1 heterocycles. The molecule has 0 unspecified atom stereocenters. The molecule has 1 N–H and O–H groups in total. The largest absolute Gasteiger partial charge is 0.481 e. The summed E-state index contributed by atoms with van der Waals surface area (Å²) in [6, 6.07) is 5.97. The maximum Gasteiger partial charge on any atom is 0.303 e. The molecule has 0 aliphatic carbocycles. The smallest absolute Gasteiger partial charge is 0.303 e. The molecule has 0 aliphatic heterocycles. The highest BCUT2D eigenvalue weighted by Gasteiger charge is 2.11. The molecule has 0 bridgehead atoms. The van der Waals surface area contributed by atoms with Crippen molar-refractivity contribution in [1.82, 2.24) is 4.98 Å². The van der Waals surface area contributed by atoms with E-state index in [0.29, 0.717) is 17.2 Å². The minimum atomic E-state index is -0.935. The molecule has 0 spiro atoms. The van der Waals surface area contributed by atoms with Crippen molar-refractivity contribution in [3.05, 3.63) is 46.5 Å². The number of carbonyl (C=O) groups is 1. The van der Waals surface area contributed by atoms with Crippen LogP contribution in [-0.4, -0.2) is 21.0 Å². The lowest BCUT2D eigenvalue weighted by Gasteiger charge is -1.96. The Hall–Kier alpha value is -2.70. The summed E-state index contributed by atoms with van der Waals surface area (Å²) in [7, 11) is 0. The van der Waals surface area contributed by atoms with Crippen molar-refractivity contribution in [2.75, 3.05) is 0 Å². The van der Waals surface area contributed by atoms with Gasteiger partial charge in [0, 0.05) is 24.1 Å². The Balaban J connectivity index is 2.20. The van der Waals surface area contributed by atoms with Gasteiger partial charge in [0.2, 0.25) is 0 Å². The summed E-state index contributed by atoms with van der Waals surface area (Å²) in [5, 5.41) is 19.2. The quantitative estimate of drug-likeness (QED) is 0.654. The fourth-order valence-electron chi connectivity index (χ4n) is 1.55. The molecule has 7 heteroatoms. The van der Waals surface area contributed by atoms with E-state index in [2.05, 4.69) is 4.98 Å². The molecule has 0 saturated carbocycles. The summed E-state index contributed by atoms with van der Waals surface area (Å²) in [6.07, 6.45) is 1.54. The summed E-state index contributed by atoms with van der Waals surface area (Å²) in [5.74, 6) is -0.261. The van der Waals surface area contributed by atoms with E-state index in [-0.39, 0.29) is 18.5 Å². The molecule has 0 atom stereocenters. The van der Waals surface area contributed by atoms with Crippen LogP contribution in [0, 0.1) is 10.1 Å². The van der Waals surface area contributed by atoms with E-state index in [9.17, 15) is 14.9 Å². The third-order valence-corrected chi connectivity index (χ3v) is 2.45. The second-order valence-electron chi connectivity index (χ2n) is 3.82. The fraction of sp³-hybridized carbons (Fsp3) is 0.167. The minimum Gasteiger partial charge on any atom is -0.481 e. The molecule has 2 aromatic rings. The number of aliphatic carboxylic acids is 1. The third kappa shape index (κ3) is 3.15. The van der Waals surface area contributed by atoms with Gasteiger partial charge in [0.25, 0.3) is 5.69 Å². The van der Waals surface area contributed by atoms with Gasteiger partial charge in [-0.2, -0.15) is 0 Å². The van der Waals surface area contributed by atoms with Gasteiger partial charge in [0.1, 0.15) is 0 Å². The van der Waals surface area contributed by atoms with Gasteiger partial charge in [-0.1, -0.05) is 12.1 Å². The highest BCUT2D eigenvalue weighted by Crippen LogP contribution is 2.24. The zero-order valence-corrected chi connectivity index (χ0v) is 9.78. The molecular formula is C12H10N2O5. The number of hydrogen-bond acceptors (Lipinski definition) is 5. The summed E-state index contributed by atoms with van der Waals surface area (Å²) in [6.45, 7) is 0. The zero-order chi connectivity index (χ0) is 13.8. The van der Waals surface area contributed by atoms with Crippen LogP contribution >= 0.6 is 0 Å². The zero-order valence-electron chi connectivity index (χ0n) is 9.78. The van der Waals surface area contributed by atoms with E-state index >= 15 is 0 Å². The normalized spacial score (nSPS) is 10.3. The number of rotatable bonds is 5. The number of oxazole rings is 1. The van der Waals surface area contributed by atoms with Crippen molar-refractivity contribution < 1.29 is 19.2 Å². The maximum atomic E-state index is 10.7. The van der Waals surface area contributed by atoms with Crippen LogP contribution in [0.15, 0.2) is 34.9 Å². The lowest BCUT2D eigenvalue weighted by molar-refractivity contribution is -0.384. The van der Waals surface area contributed by atoms with E-state index in [1.165, 1.54) is 18.3 Å². The standard InChI is InChI=1S/C12H10N2O5/c15-12(16)5-4-11-13-7-10(19-11)8-2-1-3-9(6-8)14(17)18/h1-3,6-7H,4-5H2,(H,15,16). The number of aromatic nitrogens is 1. The van der Waals surface area contributed by atoms with Gasteiger partial charge in [-0.15, -0.1) is 0 Å². The van der Waals surface area contributed by atoms with Crippen LogP contribution in [0.1, 0.15) is 12.3 Å². The molecule has 0 aliphatic rings. The summed E-state index contributed by atoms with van der Waals surface area (Å²) in [4.78, 5) is 24.5. The number of nitro groups is 1. The van der Waals surface area contributed by atoms with Crippen LogP contribution in [-0.2, 0) is 11.2 Å². The van der Waals surface area contributed by atoms with Crippen LogP contribution < -0.4 is 0 Å². The van der Waals surface area contributed by atoms with Gasteiger partial charge >= 0.3 is 5.97 Å². The molecule has 0 amide bonds. The SMILES string of the molecule is O=C(O)CCc1ncc(-c2cccc([N+](=O)[O-])c2)o1. The highest BCUT2D eigenvalue weighted by molar-refractivity contribution is 5.67. The molecule has 19 heavy (non-hydrogen) atoms. The van der Waals surface area contributed by atoms with Crippen LogP contribution in [0.3, 0.4) is 0 Å². The van der Waals surface area contributed by atoms with E-state index in [1.807, 2.05) is 0 Å². The van der Waals surface area contributed by atoms with Crippen molar-refractivity contribution >= 4 is 11.7 Å². The van der Waals surface area contributed by atoms with Crippen molar-refractivity contribution in [3.63, 3.8) is 0 Å². The first kappa shape index (κ1) is 12.7. The maximum absolute atomic E-state index is 10.7. The van der Waals surface area contributed by atoms with Crippen LogP contribution in [0.2, 0.25) is 0 Å². The van der Waals surface area contributed by atoms with Crippen molar-refractivity contribution in [3.8, 4) is 11.3 Å². The van der Waals surface area contributed by atoms with Gasteiger partial charge < -0.3 is 9.52 Å². The predicted molar refractivity (Wildman–Crippen MR) is 64.6 cm³/mol. The van der Waals surface area contributed by atoms with Gasteiger partial charge in [0.15, 0.2) is 11.7 Å². The molecule has 98 valence electrons. The van der Waals surface area contributed by atoms with Gasteiger partial charge in [0.05, 0.1) is 17.5 Å². The Morgan fingerprint density at radius 3 is 2.95 bits per heavy atom. The first-order valence-electron chi connectivity index (χ1n) is 5.47. The number of nitro benzene ring substituents is 1. The predicted octanol–water partition coefficient (Wildman–Crippen LogP) is 2.27. The van der Waals surface area contributed by atoms with Crippen LogP contribution in [0.4, 0.5) is 5.69 Å². The Morgan fingerprint density at radius 2 is 2.26 bits per heavy atom. The Labute approximate surface area is 107 Å². The molecule has 1 aromatic heterocycles. The molecular weight excluding hydrogens is 252 g/mol. The number of aryl methyl sites for hydroxylation is 1. The van der Waals surface area contributed by atoms with E-state index in [0.717, 1.165) is 0 Å². The third-order valence-electron chi connectivity index (χ3n) is 2.45. The second kappa shape index (κ2) is 5.30. The molecule has 1 aromatic carbocycles. The summed E-state index contributed by atoms with van der Waals surface area (Å²) < 4.78 is 5.36. The van der Waals surface area contributed by atoms with Crippen molar-refractivity contribution in [1.29, 1.82) is 0 Å². The topological polar surface area (TPSA) is 106 Å². The highest BCUT2D eigenvalue weighted by atomic mass is 16.6. The Morgan fingerprint density at radius 1 is 1.47 bits per heavy atom. The number of non-ortho nitro benzene ring substituents is 1. The van der Waals surface area contributed by atoms with Crippen LogP contribution in [0.5, 0.6) is 0 Å². The fourth-order valence-corrected chi connectivity index (χ4v) is 1.55. The van der Waals surface area contributed by atoms with Gasteiger partial charge in [-0.3, -0.25) is 14.9 Å². The number of carboxylic acid groups (broad SMARTS) is 1. The first-order chi connectivity index (χ1) is 9.06. The lowest BCUT2D eigenvalue weighted by atomic mass is 10.2. The first-order valence-corrected chi connectivity index (χ1v) is 5.47. The van der Waals surface area contributed by atoms with Gasteiger partial charge in [-0.05, 0) is 0 Å². The number of hydrogen-bond donors (Lipinski definition) is 1. The average Bonchev–Trinajstić information content (AvgIpc) is 2.85. The Kier molecular flexibility index (Phi) is 3.56. The average molecular weight is 262 g/mol. The monoisotopic (exact) mass is 262 g/mol. The van der Waals surface area contributed by atoms with E-state index in [4.69, 9.17) is 9.52 Å². The van der Waals surface area contributed by atoms with Gasteiger partial charge in [-0.25, -0.2) is 4.98 Å². The lowest BCUT2D eigenvalue weighted by Crippen LogP contribution is -1.97. The van der Waals surface area contributed by atoms with Crippen molar-refractivity contribution in [2.24, 2.45) is 0 Å². The van der Waals surface area contributed by atoms with E-state index < -0.39 is 10.9 Å². The number of carboxylic acids is 1. The minimum absolute atomic E-state index is 0.0408. The number of nitrogens with zero attached hydrogens (tertiary/aromatic N) is 2. The summed E-state index contributed by atoms with van der Waals surface area (Å²) in [5.41, 5.74) is 0.490. The molecule has 0 fully saturated rings. The second-order valence-corrected chi connectivity index (χ2v) is 3.82. The number of benzene rings is 1. The van der Waals surface area contributed by atoms with E-state index in [1.54, 1.807) is 12.1 Å².